The van der Waals surface area contributed by atoms with E-state index in [4.69, 9.17) is 0 Å². The minimum atomic E-state index is -4.31. The number of unbranched alkanes of at least 4 members (excludes halogenated alkanes) is 1. The van der Waals surface area contributed by atoms with Crippen molar-refractivity contribution < 1.29 is 13.2 Å². The second-order valence-electron chi connectivity index (χ2n) is 6.17. The maximum Gasteiger partial charge on any atom is 0.416 e. The summed E-state index contributed by atoms with van der Waals surface area (Å²) in [5.74, 6) is 0. The molecule has 0 atom stereocenters. The molecule has 0 aliphatic heterocycles. The van der Waals surface area contributed by atoms with E-state index < -0.39 is 11.7 Å². The molecular formula is C23H31F3. The predicted molar refractivity (Wildman–Crippen MR) is 108 cm³/mol. The molecule has 1 aromatic carbocycles. The molecule has 0 saturated heterocycles. The molecular weight excluding hydrogens is 333 g/mol. The fraction of sp³-hybridized carbons (Fsp3) is 0.391. The van der Waals surface area contributed by atoms with Crippen LogP contribution >= 0.6 is 0 Å². The summed E-state index contributed by atoms with van der Waals surface area (Å²) in [5, 5.41) is 0. The molecule has 0 heterocycles. The number of halogens is 3. The van der Waals surface area contributed by atoms with Crippen LogP contribution in [0.1, 0.15) is 65.0 Å². The molecule has 1 rings (SSSR count). The summed E-state index contributed by atoms with van der Waals surface area (Å²) < 4.78 is 38.2. The molecule has 0 amide bonds. The van der Waals surface area contributed by atoms with Gasteiger partial charge in [0.05, 0.1) is 5.56 Å². The lowest BCUT2D eigenvalue weighted by Gasteiger charge is -2.09. The smallest absolute Gasteiger partial charge is 0.166 e. The van der Waals surface area contributed by atoms with Crippen LogP contribution in [0.3, 0.4) is 0 Å². The number of alkyl halides is 3. The molecule has 3 heteroatoms. The van der Waals surface area contributed by atoms with E-state index in [0.717, 1.165) is 22.8 Å². The van der Waals surface area contributed by atoms with Crippen molar-refractivity contribution in [2.75, 3.05) is 0 Å². The molecule has 0 unspecified atom stereocenters. The molecule has 0 fully saturated rings. The summed E-state index contributed by atoms with van der Waals surface area (Å²) in [7, 11) is 0. The highest BCUT2D eigenvalue weighted by atomic mass is 19.4. The number of hydrogen-bond acceptors (Lipinski definition) is 0. The Balaban J connectivity index is 0.00000141. The lowest BCUT2D eigenvalue weighted by Crippen LogP contribution is -2.04. The molecule has 0 saturated carbocycles. The Morgan fingerprint density at radius 3 is 2.19 bits per heavy atom. The Bertz CT molecular complexity index is 642. The molecule has 0 aliphatic carbocycles. The molecule has 0 radical (unpaired) electrons. The van der Waals surface area contributed by atoms with Crippen molar-refractivity contribution in [1.82, 2.24) is 0 Å². The van der Waals surface area contributed by atoms with Crippen molar-refractivity contribution in [2.24, 2.45) is 0 Å². The average molecular weight is 364 g/mol. The zero-order valence-electron chi connectivity index (χ0n) is 16.6. The van der Waals surface area contributed by atoms with Gasteiger partial charge >= 0.3 is 6.18 Å². The largest absolute Gasteiger partial charge is 0.416 e. The highest BCUT2D eigenvalue weighted by Crippen LogP contribution is 2.31. The fourth-order valence-corrected chi connectivity index (χ4v) is 1.92. The van der Waals surface area contributed by atoms with Crippen molar-refractivity contribution >= 4 is 5.57 Å². The van der Waals surface area contributed by atoms with Crippen molar-refractivity contribution in [1.29, 1.82) is 0 Å². The highest BCUT2D eigenvalue weighted by molar-refractivity contribution is 5.65. The zero-order valence-corrected chi connectivity index (χ0v) is 16.6. The van der Waals surface area contributed by atoms with Gasteiger partial charge in [-0.05, 0) is 56.0 Å². The van der Waals surface area contributed by atoms with Gasteiger partial charge in [0.25, 0.3) is 0 Å². The number of rotatable bonds is 6. The van der Waals surface area contributed by atoms with Gasteiger partial charge in [0.2, 0.25) is 0 Å². The molecule has 1 aromatic rings. The van der Waals surface area contributed by atoms with Crippen molar-refractivity contribution in [3.8, 4) is 0 Å². The second-order valence-corrected chi connectivity index (χ2v) is 6.17. The van der Waals surface area contributed by atoms with Gasteiger partial charge in [0, 0.05) is 0 Å². The minimum absolute atomic E-state index is 0.585. The molecule has 0 aliphatic rings. The van der Waals surface area contributed by atoms with Crippen LogP contribution in [-0.4, -0.2) is 0 Å². The minimum Gasteiger partial charge on any atom is -0.166 e. The maximum absolute atomic E-state index is 12.7. The molecule has 0 spiro atoms. The quantitative estimate of drug-likeness (QED) is 0.445. The van der Waals surface area contributed by atoms with Crippen LogP contribution in [0.25, 0.3) is 5.57 Å². The molecule has 0 aromatic heterocycles. The number of allylic oxidation sites excluding steroid dienone is 7. The summed E-state index contributed by atoms with van der Waals surface area (Å²) in [6.45, 7) is 14.0. The first-order valence-corrected chi connectivity index (χ1v) is 8.99. The van der Waals surface area contributed by atoms with Crippen LogP contribution in [0.5, 0.6) is 0 Å². The second kappa shape index (κ2) is 12.3. The summed E-state index contributed by atoms with van der Waals surface area (Å²) in [4.78, 5) is 0. The Morgan fingerprint density at radius 2 is 1.73 bits per heavy atom. The summed E-state index contributed by atoms with van der Waals surface area (Å²) in [6.07, 6.45) is 6.72. The predicted octanol–water partition coefficient (Wildman–Crippen LogP) is 8.38. The van der Waals surface area contributed by atoms with E-state index in [2.05, 4.69) is 20.4 Å². The van der Waals surface area contributed by atoms with Gasteiger partial charge in [0.1, 0.15) is 0 Å². The highest BCUT2D eigenvalue weighted by Gasteiger charge is 2.30. The third-order valence-electron chi connectivity index (χ3n) is 3.81. The van der Waals surface area contributed by atoms with E-state index in [1.807, 2.05) is 45.1 Å². The Kier molecular flexibility index (Phi) is 11.4. The standard InChI is InChI=1S/C19H21F3.C4H10/c1-5-6-8-16(14(2)3)12-11-15(4)17-9-7-10-18(13-17)19(20,21)22;1-3-4-2/h5-11,13H,2,12H2,1,3-4H3;3-4H2,1-2H3/b6-5-,15-11+,16-8+;. The summed E-state index contributed by atoms with van der Waals surface area (Å²) in [5.41, 5.74) is 2.79. The van der Waals surface area contributed by atoms with Crippen LogP contribution < -0.4 is 0 Å². The van der Waals surface area contributed by atoms with Gasteiger partial charge in [-0.25, -0.2) is 0 Å². The van der Waals surface area contributed by atoms with Gasteiger partial charge in [-0.15, -0.1) is 0 Å². The van der Waals surface area contributed by atoms with Crippen LogP contribution in [-0.2, 0) is 6.18 Å². The Hall–Kier alpha value is -2.03. The van der Waals surface area contributed by atoms with Crippen LogP contribution in [0, 0.1) is 0 Å². The van der Waals surface area contributed by atoms with E-state index in [1.165, 1.54) is 25.0 Å². The monoisotopic (exact) mass is 364 g/mol. The first-order chi connectivity index (χ1) is 12.2. The van der Waals surface area contributed by atoms with Gasteiger partial charge in [-0.2, -0.15) is 13.2 Å². The molecule has 0 N–H and O–H groups in total. The Morgan fingerprint density at radius 1 is 1.12 bits per heavy atom. The van der Waals surface area contributed by atoms with E-state index in [9.17, 15) is 13.2 Å². The van der Waals surface area contributed by atoms with Crippen molar-refractivity contribution in [3.63, 3.8) is 0 Å². The molecule has 0 nitrogen and oxygen atoms in total. The van der Waals surface area contributed by atoms with Crippen LogP contribution in [0.15, 0.2) is 66.3 Å². The normalized spacial score (nSPS) is 12.8. The SMILES string of the molecule is C=C(C)/C(=C/C=C\C)C/C=C(\C)c1cccc(C(F)(F)F)c1.CCCC. The first-order valence-electron chi connectivity index (χ1n) is 8.99. The third-order valence-corrected chi connectivity index (χ3v) is 3.81. The van der Waals surface area contributed by atoms with Crippen LogP contribution in [0.2, 0.25) is 0 Å². The fourth-order valence-electron chi connectivity index (χ4n) is 1.92. The van der Waals surface area contributed by atoms with Gasteiger partial charge in [-0.3, -0.25) is 0 Å². The topological polar surface area (TPSA) is 0 Å². The van der Waals surface area contributed by atoms with Crippen molar-refractivity contribution in [3.05, 3.63) is 77.4 Å². The average Bonchev–Trinajstić information content (AvgIpc) is 2.60. The molecule has 144 valence electrons. The molecule has 0 bridgehead atoms. The van der Waals surface area contributed by atoms with E-state index in [0.29, 0.717) is 12.0 Å². The summed E-state index contributed by atoms with van der Waals surface area (Å²) in [6, 6.07) is 5.39. The lowest BCUT2D eigenvalue weighted by atomic mass is 9.99. The third kappa shape index (κ3) is 9.45. The van der Waals surface area contributed by atoms with Gasteiger partial charge in [-0.1, -0.05) is 75.3 Å². The number of benzene rings is 1. The first kappa shape index (κ1) is 24.0. The van der Waals surface area contributed by atoms with Crippen LogP contribution in [0.4, 0.5) is 13.2 Å². The van der Waals surface area contributed by atoms with E-state index in [1.54, 1.807) is 6.07 Å². The van der Waals surface area contributed by atoms with Gasteiger partial charge in [0.15, 0.2) is 0 Å². The summed E-state index contributed by atoms with van der Waals surface area (Å²) >= 11 is 0. The van der Waals surface area contributed by atoms with E-state index >= 15 is 0 Å². The zero-order chi connectivity index (χ0) is 20.2. The Labute approximate surface area is 156 Å². The maximum atomic E-state index is 12.7. The van der Waals surface area contributed by atoms with Gasteiger partial charge < -0.3 is 0 Å². The van der Waals surface area contributed by atoms with E-state index in [-0.39, 0.29) is 0 Å². The molecule has 26 heavy (non-hydrogen) atoms. The van der Waals surface area contributed by atoms with Crippen molar-refractivity contribution in [2.45, 2.75) is 60.1 Å². The lowest BCUT2D eigenvalue weighted by molar-refractivity contribution is -0.137. The number of hydrogen-bond donors (Lipinski definition) is 0.